The molecule has 0 spiro atoms. The van der Waals surface area contributed by atoms with Gasteiger partial charge >= 0.3 is 0 Å². The van der Waals surface area contributed by atoms with E-state index in [-0.39, 0.29) is 21.5 Å². The highest BCUT2D eigenvalue weighted by Crippen LogP contribution is 2.40. The lowest BCUT2D eigenvalue weighted by Crippen LogP contribution is -2.39. The maximum atomic E-state index is 12.9. The van der Waals surface area contributed by atoms with Crippen LogP contribution in [-0.4, -0.2) is 31.0 Å². The van der Waals surface area contributed by atoms with Crippen LogP contribution in [0, 0.1) is 5.41 Å². The smallest absolute Gasteiger partial charge is 0.280 e. The number of nitrogens with one attached hydrogen (secondary N) is 1. The second-order valence-corrected chi connectivity index (χ2v) is 11.9. The van der Waals surface area contributed by atoms with Crippen molar-refractivity contribution in [1.82, 2.24) is 4.90 Å². The Bertz CT molecular complexity index is 1190. The van der Waals surface area contributed by atoms with E-state index in [1.54, 1.807) is 30.3 Å². The fraction of sp³-hybridized carbons (Fsp3) is 0.333. The van der Waals surface area contributed by atoms with E-state index < -0.39 is 10.0 Å². The molecule has 0 atom stereocenters. The molecule has 0 radical (unpaired) electrons. The molecule has 33 heavy (non-hydrogen) atoms. The largest absolute Gasteiger partial charge is 0.293 e. The summed E-state index contributed by atoms with van der Waals surface area (Å²) < 4.78 is 27.6. The number of carbonyl (C=O) groups is 2. The molecule has 1 saturated carbocycles. The predicted molar refractivity (Wildman–Crippen MR) is 133 cm³/mol. The summed E-state index contributed by atoms with van der Waals surface area (Å²) in [4.78, 5) is 27.3. The second-order valence-electron chi connectivity index (χ2n) is 8.82. The number of hydrogen-bond donors (Lipinski definition) is 1. The summed E-state index contributed by atoms with van der Waals surface area (Å²) in [6, 6.07) is 12.5. The molecule has 1 heterocycles. The van der Waals surface area contributed by atoms with Gasteiger partial charge < -0.3 is 0 Å². The Labute approximate surface area is 203 Å². The van der Waals surface area contributed by atoms with Crippen LogP contribution in [0.15, 0.2) is 58.3 Å². The molecule has 4 rings (SSSR count). The summed E-state index contributed by atoms with van der Waals surface area (Å²) in [5.41, 5.74) is 1.09. The van der Waals surface area contributed by atoms with Crippen LogP contribution in [0.4, 0.5) is 10.5 Å². The third kappa shape index (κ3) is 5.62. The van der Waals surface area contributed by atoms with Crippen molar-refractivity contribution in [2.75, 3.05) is 11.3 Å². The number of sulfonamides is 1. The van der Waals surface area contributed by atoms with E-state index in [0.717, 1.165) is 37.4 Å². The van der Waals surface area contributed by atoms with Crippen LogP contribution in [0.2, 0.25) is 5.02 Å². The summed E-state index contributed by atoms with van der Waals surface area (Å²) in [6.07, 6.45) is 7.21. The van der Waals surface area contributed by atoms with Crippen molar-refractivity contribution < 1.29 is 18.0 Å². The molecule has 9 heteroatoms. The van der Waals surface area contributed by atoms with Crippen LogP contribution in [-0.2, 0) is 14.8 Å². The van der Waals surface area contributed by atoms with Gasteiger partial charge in [0, 0.05) is 17.3 Å². The molecular formula is C24H25ClN2O4S2. The molecule has 174 valence electrons. The fourth-order valence-corrected chi connectivity index (χ4v) is 6.23. The molecule has 2 aliphatic rings. The van der Waals surface area contributed by atoms with Gasteiger partial charge in [0.1, 0.15) is 0 Å². The number of anilines is 1. The lowest BCUT2D eigenvalue weighted by Gasteiger charge is -2.35. The Morgan fingerprint density at radius 3 is 2.30 bits per heavy atom. The molecule has 0 bridgehead atoms. The number of rotatable bonds is 6. The van der Waals surface area contributed by atoms with Gasteiger partial charge in [-0.3, -0.25) is 19.2 Å². The van der Waals surface area contributed by atoms with Crippen LogP contribution >= 0.6 is 23.4 Å². The van der Waals surface area contributed by atoms with Crippen LogP contribution in [0.5, 0.6) is 0 Å². The van der Waals surface area contributed by atoms with Crippen molar-refractivity contribution in [3.8, 4) is 0 Å². The van der Waals surface area contributed by atoms with Gasteiger partial charge in [0.25, 0.3) is 21.2 Å². The number of nitrogens with zero attached hydrogens (tertiary/aromatic N) is 1. The lowest BCUT2D eigenvalue weighted by atomic mass is 9.75. The van der Waals surface area contributed by atoms with Gasteiger partial charge in [-0.15, -0.1) is 0 Å². The predicted octanol–water partition coefficient (Wildman–Crippen LogP) is 6.15. The Morgan fingerprint density at radius 2 is 1.67 bits per heavy atom. The molecule has 2 amide bonds. The van der Waals surface area contributed by atoms with Gasteiger partial charge in [-0.05, 0) is 78.1 Å². The van der Waals surface area contributed by atoms with Crippen molar-refractivity contribution in [3.05, 3.63) is 64.0 Å². The fourth-order valence-electron chi connectivity index (χ4n) is 4.21. The molecule has 0 aromatic heterocycles. The van der Waals surface area contributed by atoms with Gasteiger partial charge in [-0.2, -0.15) is 0 Å². The minimum absolute atomic E-state index is 0.0114. The normalized spacial score (nSPS) is 19.8. The van der Waals surface area contributed by atoms with Crippen molar-refractivity contribution in [1.29, 1.82) is 0 Å². The SMILES string of the molecule is CC1(CN2C(=O)S/C(=C\c3ccc(NS(=O)(=O)c4ccc(Cl)cc4)cc3)C2=O)CCCCC1. The molecule has 1 aliphatic carbocycles. The minimum atomic E-state index is -3.74. The van der Waals surface area contributed by atoms with Gasteiger partial charge in [0.2, 0.25) is 0 Å². The maximum absolute atomic E-state index is 12.9. The quantitative estimate of drug-likeness (QED) is 0.477. The van der Waals surface area contributed by atoms with Crippen LogP contribution in [0.3, 0.4) is 0 Å². The third-order valence-corrected chi connectivity index (χ3v) is 8.62. The standard InChI is InChI=1S/C24H25ClN2O4S2/c1-24(13-3-2-4-14-24)16-27-22(28)21(32-23(27)29)15-17-5-9-19(10-6-17)26-33(30,31)20-11-7-18(25)8-12-20/h5-12,15,26H,2-4,13-14,16H2,1H3/b21-15-. The van der Waals surface area contributed by atoms with E-state index >= 15 is 0 Å². The first-order valence-corrected chi connectivity index (χ1v) is 13.5. The first-order valence-electron chi connectivity index (χ1n) is 10.8. The topological polar surface area (TPSA) is 83.6 Å². The van der Waals surface area contributed by atoms with Crippen molar-refractivity contribution in [2.24, 2.45) is 5.41 Å². The number of thioether (sulfide) groups is 1. The highest BCUT2D eigenvalue weighted by Gasteiger charge is 2.40. The molecule has 2 aromatic rings. The number of hydrogen-bond acceptors (Lipinski definition) is 5. The molecule has 0 unspecified atom stereocenters. The van der Waals surface area contributed by atoms with E-state index in [1.807, 2.05) is 0 Å². The summed E-state index contributed by atoms with van der Waals surface area (Å²) in [5, 5.41) is 0.223. The Morgan fingerprint density at radius 1 is 1.03 bits per heavy atom. The average Bonchev–Trinajstić information content (AvgIpc) is 3.03. The second kappa shape index (κ2) is 9.52. The van der Waals surface area contributed by atoms with Crippen LogP contribution in [0.1, 0.15) is 44.6 Å². The van der Waals surface area contributed by atoms with Gasteiger partial charge in [-0.1, -0.05) is 49.9 Å². The Kier molecular flexibility index (Phi) is 6.88. The monoisotopic (exact) mass is 504 g/mol. The van der Waals surface area contributed by atoms with E-state index in [4.69, 9.17) is 11.6 Å². The Balaban J connectivity index is 1.44. The molecule has 2 aromatic carbocycles. The van der Waals surface area contributed by atoms with Gasteiger partial charge in [-0.25, -0.2) is 8.42 Å². The third-order valence-electron chi connectivity index (χ3n) is 6.06. The number of amides is 2. The minimum Gasteiger partial charge on any atom is -0.280 e. The molecular weight excluding hydrogens is 480 g/mol. The number of halogens is 1. The van der Waals surface area contributed by atoms with Crippen LogP contribution in [0.25, 0.3) is 6.08 Å². The highest BCUT2D eigenvalue weighted by molar-refractivity contribution is 8.18. The molecule has 1 N–H and O–H groups in total. The zero-order valence-corrected chi connectivity index (χ0v) is 20.6. The van der Waals surface area contributed by atoms with Crippen molar-refractivity contribution >= 4 is 56.3 Å². The Hall–Kier alpha value is -2.29. The average molecular weight is 505 g/mol. The van der Waals surface area contributed by atoms with E-state index in [9.17, 15) is 18.0 Å². The van der Waals surface area contributed by atoms with E-state index in [1.165, 1.54) is 35.6 Å². The summed E-state index contributed by atoms with van der Waals surface area (Å²) in [5.74, 6) is -0.260. The van der Waals surface area contributed by atoms with Crippen LogP contribution < -0.4 is 4.72 Å². The van der Waals surface area contributed by atoms with Crippen molar-refractivity contribution in [2.45, 2.75) is 43.9 Å². The zero-order valence-electron chi connectivity index (χ0n) is 18.2. The zero-order chi connectivity index (χ0) is 23.6. The van der Waals surface area contributed by atoms with Crippen molar-refractivity contribution in [3.63, 3.8) is 0 Å². The summed E-state index contributed by atoms with van der Waals surface area (Å²) >= 11 is 6.78. The summed E-state index contributed by atoms with van der Waals surface area (Å²) in [6.45, 7) is 2.61. The molecule has 1 aliphatic heterocycles. The lowest BCUT2D eigenvalue weighted by molar-refractivity contribution is -0.124. The number of benzene rings is 2. The first kappa shape index (κ1) is 23.9. The highest BCUT2D eigenvalue weighted by atomic mass is 35.5. The molecule has 6 nitrogen and oxygen atoms in total. The first-order chi connectivity index (χ1) is 15.7. The number of carbonyl (C=O) groups excluding carboxylic acids is 2. The van der Waals surface area contributed by atoms with E-state index in [0.29, 0.717) is 27.7 Å². The summed E-state index contributed by atoms with van der Waals surface area (Å²) in [7, 11) is -3.74. The number of imide groups is 1. The van der Waals surface area contributed by atoms with Gasteiger partial charge in [0.15, 0.2) is 0 Å². The van der Waals surface area contributed by atoms with E-state index in [2.05, 4.69) is 11.6 Å². The molecule has 1 saturated heterocycles. The molecule has 2 fully saturated rings. The maximum Gasteiger partial charge on any atom is 0.293 e. The van der Waals surface area contributed by atoms with Gasteiger partial charge in [0.05, 0.1) is 9.80 Å².